The normalized spacial score (nSPS) is 11.2. The van der Waals surface area contributed by atoms with E-state index in [1.807, 2.05) is 36.4 Å². The third-order valence-corrected chi connectivity index (χ3v) is 3.39. The van der Waals surface area contributed by atoms with Crippen molar-refractivity contribution in [2.24, 2.45) is 0 Å². The zero-order valence-corrected chi connectivity index (χ0v) is 10.9. The van der Waals surface area contributed by atoms with Crippen LogP contribution < -0.4 is 11.5 Å². The number of nitrogens with zero attached hydrogens (tertiary/aromatic N) is 4. The Morgan fingerprint density at radius 2 is 1.48 bits per heavy atom. The molecule has 0 saturated heterocycles. The fourth-order valence-corrected chi connectivity index (χ4v) is 2.49. The SMILES string of the molecule is Nc1ccc2c(-c3nn[nH]n3)c3ccc(N)cc3nc2c1. The number of aromatic nitrogens is 5. The van der Waals surface area contributed by atoms with E-state index >= 15 is 0 Å². The van der Waals surface area contributed by atoms with Crippen LogP contribution in [-0.4, -0.2) is 25.6 Å². The maximum absolute atomic E-state index is 5.85. The van der Waals surface area contributed by atoms with Crippen LogP contribution in [0, 0.1) is 0 Å². The summed E-state index contributed by atoms with van der Waals surface area (Å²) >= 11 is 0. The van der Waals surface area contributed by atoms with Gasteiger partial charge >= 0.3 is 0 Å². The lowest BCUT2D eigenvalue weighted by molar-refractivity contribution is 0.881. The number of benzene rings is 2. The van der Waals surface area contributed by atoms with Crippen LogP contribution in [0.4, 0.5) is 11.4 Å². The first kappa shape index (κ1) is 11.6. The first-order valence-corrected chi connectivity index (χ1v) is 6.35. The number of hydrogen-bond acceptors (Lipinski definition) is 6. The van der Waals surface area contributed by atoms with Gasteiger partial charge in [-0.25, -0.2) is 4.98 Å². The lowest BCUT2D eigenvalue weighted by Gasteiger charge is -2.09. The molecule has 102 valence electrons. The number of nitrogens with one attached hydrogen (secondary N) is 1. The summed E-state index contributed by atoms with van der Waals surface area (Å²) in [7, 11) is 0. The van der Waals surface area contributed by atoms with Gasteiger partial charge in [0.1, 0.15) is 0 Å². The average molecular weight is 277 g/mol. The molecule has 2 heterocycles. The zero-order valence-electron chi connectivity index (χ0n) is 10.9. The Morgan fingerprint density at radius 1 is 0.857 bits per heavy atom. The number of nitrogens with two attached hydrogens (primary N) is 2. The standard InChI is InChI=1S/C14H11N7/c15-7-1-3-9-11(5-7)17-12-6-8(16)2-4-10(12)13(9)14-18-20-21-19-14/h1-6H,15-16H2,(H,18,19,20,21). The molecule has 5 N–H and O–H groups in total. The molecular weight excluding hydrogens is 266 g/mol. The number of tetrazole rings is 1. The summed E-state index contributed by atoms with van der Waals surface area (Å²) in [6, 6.07) is 11.1. The molecule has 4 aromatic rings. The average Bonchev–Trinajstić information content (AvgIpc) is 2.98. The van der Waals surface area contributed by atoms with Crippen molar-refractivity contribution in [2.75, 3.05) is 11.5 Å². The highest BCUT2D eigenvalue weighted by Crippen LogP contribution is 2.33. The van der Waals surface area contributed by atoms with Gasteiger partial charge in [-0.3, -0.25) is 0 Å². The summed E-state index contributed by atoms with van der Waals surface area (Å²) in [6.07, 6.45) is 0. The van der Waals surface area contributed by atoms with E-state index in [1.54, 1.807) is 0 Å². The van der Waals surface area contributed by atoms with E-state index in [2.05, 4.69) is 25.6 Å². The molecule has 0 fully saturated rings. The highest BCUT2D eigenvalue weighted by atomic mass is 15.5. The van der Waals surface area contributed by atoms with Crippen molar-refractivity contribution in [1.29, 1.82) is 0 Å². The molecule has 2 aromatic carbocycles. The number of pyridine rings is 1. The molecule has 0 amide bonds. The Morgan fingerprint density at radius 3 is 2.00 bits per heavy atom. The Labute approximate surface area is 119 Å². The molecule has 7 nitrogen and oxygen atoms in total. The highest BCUT2D eigenvalue weighted by Gasteiger charge is 2.14. The van der Waals surface area contributed by atoms with Crippen molar-refractivity contribution in [3.8, 4) is 11.4 Å². The molecule has 0 atom stereocenters. The molecule has 0 bridgehead atoms. The molecule has 2 aromatic heterocycles. The first-order chi connectivity index (χ1) is 10.2. The molecule has 0 aliphatic heterocycles. The Balaban J connectivity index is 2.23. The maximum atomic E-state index is 5.85. The monoisotopic (exact) mass is 277 g/mol. The second-order valence-electron chi connectivity index (χ2n) is 4.78. The van der Waals surface area contributed by atoms with Gasteiger partial charge in [0.2, 0.25) is 5.82 Å². The van der Waals surface area contributed by atoms with Crippen LogP contribution in [0.15, 0.2) is 36.4 Å². The van der Waals surface area contributed by atoms with E-state index in [4.69, 9.17) is 11.5 Å². The van der Waals surface area contributed by atoms with Crippen LogP contribution in [0.25, 0.3) is 33.2 Å². The van der Waals surface area contributed by atoms with Gasteiger partial charge in [-0.05, 0) is 41.6 Å². The minimum absolute atomic E-state index is 0.516. The number of aromatic amines is 1. The quantitative estimate of drug-likeness (QED) is 0.360. The Kier molecular flexibility index (Phi) is 2.28. The lowest BCUT2D eigenvalue weighted by Crippen LogP contribution is -1.94. The summed E-state index contributed by atoms with van der Waals surface area (Å²) in [6.45, 7) is 0. The number of rotatable bonds is 1. The van der Waals surface area contributed by atoms with Crippen LogP contribution >= 0.6 is 0 Å². The molecule has 4 rings (SSSR count). The van der Waals surface area contributed by atoms with Gasteiger partial charge < -0.3 is 11.5 Å². The second-order valence-corrected chi connectivity index (χ2v) is 4.78. The van der Waals surface area contributed by atoms with Gasteiger partial charge in [-0.15, -0.1) is 10.2 Å². The van der Waals surface area contributed by atoms with Crippen molar-refractivity contribution < 1.29 is 0 Å². The van der Waals surface area contributed by atoms with Crippen molar-refractivity contribution in [1.82, 2.24) is 25.6 Å². The molecule has 7 heteroatoms. The predicted octanol–water partition coefficient (Wildman–Crippen LogP) is 1.73. The topological polar surface area (TPSA) is 119 Å². The summed E-state index contributed by atoms with van der Waals surface area (Å²) in [5.41, 5.74) is 15.4. The molecular formula is C14H11N7. The number of nitrogen functional groups attached to an aromatic ring is 2. The van der Waals surface area contributed by atoms with Gasteiger partial charge in [-0.2, -0.15) is 5.21 Å². The van der Waals surface area contributed by atoms with Crippen LogP contribution in [0.1, 0.15) is 0 Å². The number of anilines is 2. The molecule has 0 aliphatic carbocycles. The predicted molar refractivity (Wildman–Crippen MR) is 81.2 cm³/mol. The fourth-order valence-electron chi connectivity index (χ4n) is 2.49. The van der Waals surface area contributed by atoms with Crippen molar-refractivity contribution in [3.63, 3.8) is 0 Å². The van der Waals surface area contributed by atoms with E-state index in [0.29, 0.717) is 17.2 Å². The first-order valence-electron chi connectivity index (χ1n) is 6.35. The Bertz CT molecular complexity index is 900. The fraction of sp³-hybridized carbons (Fsp3) is 0. The minimum Gasteiger partial charge on any atom is -0.399 e. The van der Waals surface area contributed by atoms with E-state index < -0.39 is 0 Å². The van der Waals surface area contributed by atoms with Gasteiger partial charge in [-0.1, -0.05) is 0 Å². The number of fused-ring (bicyclic) bond motifs is 2. The largest absolute Gasteiger partial charge is 0.399 e. The second kappa shape index (κ2) is 4.14. The zero-order chi connectivity index (χ0) is 14.4. The summed E-state index contributed by atoms with van der Waals surface area (Å²) in [5.74, 6) is 0.516. The molecule has 0 unspecified atom stereocenters. The van der Waals surface area contributed by atoms with Crippen LogP contribution in [0.3, 0.4) is 0 Å². The minimum atomic E-state index is 0.516. The van der Waals surface area contributed by atoms with E-state index in [0.717, 1.165) is 27.4 Å². The molecule has 0 aliphatic rings. The van der Waals surface area contributed by atoms with Crippen LogP contribution in [-0.2, 0) is 0 Å². The molecule has 0 saturated carbocycles. The summed E-state index contributed by atoms with van der Waals surface area (Å²) in [5, 5.41) is 16.1. The van der Waals surface area contributed by atoms with E-state index in [-0.39, 0.29) is 0 Å². The lowest BCUT2D eigenvalue weighted by atomic mass is 10.0. The van der Waals surface area contributed by atoms with Gasteiger partial charge in [0, 0.05) is 27.7 Å². The van der Waals surface area contributed by atoms with Crippen molar-refractivity contribution in [3.05, 3.63) is 36.4 Å². The molecule has 21 heavy (non-hydrogen) atoms. The third kappa shape index (κ3) is 1.75. The maximum Gasteiger partial charge on any atom is 0.206 e. The van der Waals surface area contributed by atoms with E-state index in [9.17, 15) is 0 Å². The van der Waals surface area contributed by atoms with Gasteiger partial charge in [0.05, 0.1) is 11.0 Å². The number of hydrogen-bond donors (Lipinski definition) is 3. The van der Waals surface area contributed by atoms with Gasteiger partial charge in [0.25, 0.3) is 0 Å². The van der Waals surface area contributed by atoms with Gasteiger partial charge in [0.15, 0.2) is 0 Å². The smallest absolute Gasteiger partial charge is 0.206 e. The summed E-state index contributed by atoms with van der Waals surface area (Å²) < 4.78 is 0. The highest BCUT2D eigenvalue weighted by molar-refractivity contribution is 6.09. The van der Waals surface area contributed by atoms with Crippen LogP contribution in [0.5, 0.6) is 0 Å². The van der Waals surface area contributed by atoms with Crippen LogP contribution in [0.2, 0.25) is 0 Å². The molecule has 0 spiro atoms. The van der Waals surface area contributed by atoms with E-state index in [1.165, 1.54) is 0 Å². The third-order valence-electron chi connectivity index (χ3n) is 3.39. The Hall–Kier alpha value is -3.22. The van der Waals surface area contributed by atoms with Crippen molar-refractivity contribution in [2.45, 2.75) is 0 Å². The molecule has 0 radical (unpaired) electrons. The summed E-state index contributed by atoms with van der Waals surface area (Å²) in [4.78, 5) is 4.62. The number of H-pyrrole nitrogens is 1. The van der Waals surface area contributed by atoms with Crippen molar-refractivity contribution >= 4 is 33.2 Å².